The minimum atomic E-state index is -0.926. The minimum absolute atomic E-state index is 0.0200. The molecule has 7 nitrogen and oxygen atoms in total. The molecule has 0 aromatic rings. The summed E-state index contributed by atoms with van der Waals surface area (Å²) in [4.78, 5) is 36.1. The highest BCUT2D eigenvalue weighted by Crippen LogP contribution is 2.10. The van der Waals surface area contributed by atoms with E-state index in [-0.39, 0.29) is 12.5 Å². The summed E-state index contributed by atoms with van der Waals surface area (Å²) in [5.74, 6) is -1.37. The van der Waals surface area contributed by atoms with E-state index in [1.165, 1.54) is 7.11 Å². The molecule has 0 spiro atoms. The van der Waals surface area contributed by atoms with Gasteiger partial charge in [-0.1, -0.05) is 6.42 Å². The van der Waals surface area contributed by atoms with Crippen molar-refractivity contribution in [3.05, 3.63) is 12.2 Å². The quantitative estimate of drug-likeness (QED) is 0.425. The van der Waals surface area contributed by atoms with Crippen LogP contribution in [0.1, 0.15) is 19.3 Å². The van der Waals surface area contributed by atoms with Gasteiger partial charge < -0.3 is 15.8 Å². The molecule has 0 fully saturated rings. The predicted molar refractivity (Wildman–Crippen MR) is 72.6 cm³/mol. The summed E-state index contributed by atoms with van der Waals surface area (Å²) in [6, 6.07) is -0.926. The molecule has 1 aliphatic heterocycles. The van der Waals surface area contributed by atoms with E-state index in [9.17, 15) is 14.4 Å². The first-order valence-corrected chi connectivity index (χ1v) is 6.63. The van der Waals surface area contributed by atoms with Crippen LogP contribution in [0, 0.1) is 0 Å². The van der Waals surface area contributed by atoms with Crippen LogP contribution in [0.25, 0.3) is 0 Å². The van der Waals surface area contributed by atoms with Crippen molar-refractivity contribution in [1.29, 1.82) is 0 Å². The van der Waals surface area contributed by atoms with Crippen LogP contribution in [0.15, 0.2) is 12.2 Å². The van der Waals surface area contributed by atoms with Crippen LogP contribution in [0.3, 0.4) is 0 Å². The Balaban J connectivity index is 2.51. The smallest absolute Gasteiger partial charge is 0.254 e. The van der Waals surface area contributed by atoms with Crippen molar-refractivity contribution in [3.63, 3.8) is 0 Å². The van der Waals surface area contributed by atoms with E-state index in [0.29, 0.717) is 13.1 Å². The lowest BCUT2D eigenvalue weighted by molar-refractivity contribution is -0.147. The van der Waals surface area contributed by atoms with Gasteiger partial charge in [-0.3, -0.25) is 19.3 Å². The SMILES string of the molecule is COC[C@@H](C(=O)NCCCCCN)N1C(=O)C=CC1=O. The van der Waals surface area contributed by atoms with E-state index in [1.54, 1.807) is 0 Å². The molecule has 3 amide bonds. The Morgan fingerprint density at radius 3 is 2.50 bits per heavy atom. The molecule has 1 atom stereocenters. The normalized spacial score (nSPS) is 15.8. The Kier molecular flexibility index (Phi) is 6.89. The van der Waals surface area contributed by atoms with Crippen LogP contribution >= 0.6 is 0 Å². The molecule has 1 aliphatic rings. The van der Waals surface area contributed by atoms with Crippen molar-refractivity contribution in [2.45, 2.75) is 25.3 Å². The number of ether oxygens (including phenoxy) is 1. The van der Waals surface area contributed by atoms with E-state index in [4.69, 9.17) is 10.5 Å². The number of rotatable bonds is 9. The van der Waals surface area contributed by atoms with Gasteiger partial charge in [0.1, 0.15) is 6.04 Å². The highest BCUT2D eigenvalue weighted by atomic mass is 16.5. The fraction of sp³-hybridized carbons (Fsp3) is 0.615. The number of hydrogen-bond donors (Lipinski definition) is 2. The standard InChI is InChI=1S/C13H21N3O4/c1-20-9-10(16-11(17)5-6-12(16)18)13(19)15-8-4-2-3-7-14/h5-6,10H,2-4,7-9,14H2,1H3,(H,15,19)/t10-/m0/s1. The third kappa shape index (κ3) is 4.43. The van der Waals surface area contributed by atoms with Gasteiger partial charge in [-0.2, -0.15) is 0 Å². The minimum Gasteiger partial charge on any atom is -0.382 e. The number of hydrogen-bond acceptors (Lipinski definition) is 5. The summed E-state index contributed by atoms with van der Waals surface area (Å²) in [6.45, 7) is 1.10. The van der Waals surface area contributed by atoms with Gasteiger partial charge in [0.05, 0.1) is 6.61 Å². The van der Waals surface area contributed by atoms with Crippen LogP contribution < -0.4 is 11.1 Å². The van der Waals surface area contributed by atoms with E-state index in [0.717, 1.165) is 36.3 Å². The number of imide groups is 1. The van der Waals surface area contributed by atoms with Gasteiger partial charge in [0, 0.05) is 25.8 Å². The summed E-state index contributed by atoms with van der Waals surface area (Å²) >= 11 is 0. The number of nitrogens with one attached hydrogen (secondary N) is 1. The van der Waals surface area contributed by atoms with Crippen molar-refractivity contribution in [2.75, 3.05) is 26.8 Å². The van der Waals surface area contributed by atoms with E-state index in [1.807, 2.05) is 0 Å². The molecule has 7 heteroatoms. The van der Waals surface area contributed by atoms with Crippen molar-refractivity contribution < 1.29 is 19.1 Å². The first-order chi connectivity index (χ1) is 9.61. The lowest BCUT2D eigenvalue weighted by atomic mass is 10.2. The average Bonchev–Trinajstić information content (AvgIpc) is 2.75. The van der Waals surface area contributed by atoms with Gasteiger partial charge in [-0.15, -0.1) is 0 Å². The van der Waals surface area contributed by atoms with Gasteiger partial charge in [0.25, 0.3) is 11.8 Å². The highest BCUT2D eigenvalue weighted by molar-refractivity contribution is 6.15. The third-order valence-electron chi connectivity index (χ3n) is 2.96. The zero-order valence-electron chi connectivity index (χ0n) is 11.6. The Morgan fingerprint density at radius 2 is 1.95 bits per heavy atom. The molecule has 1 heterocycles. The third-order valence-corrected chi connectivity index (χ3v) is 2.96. The highest BCUT2D eigenvalue weighted by Gasteiger charge is 2.35. The van der Waals surface area contributed by atoms with Crippen molar-refractivity contribution >= 4 is 17.7 Å². The van der Waals surface area contributed by atoms with E-state index < -0.39 is 17.9 Å². The topological polar surface area (TPSA) is 102 Å². The van der Waals surface area contributed by atoms with Crippen molar-refractivity contribution in [2.24, 2.45) is 5.73 Å². The lowest BCUT2D eigenvalue weighted by Gasteiger charge is -2.24. The second-order valence-electron chi connectivity index (χ2n) is 4.49. The lowest BCUT2D eigenvalue weighted by Crippen LogP contribution is -2.52. The molecule has 0 aromatic heterocycles. The van der Waals surface area contributed by atoms with E-state index in [2.05, 4.69) is 5.32 Å². The largest absolute Gasteiger partial charge is 0.382 e. The number of carbonyl (C=O) groups is 3. The zero-order chi connectivity index (χ0) is 15.0. The van der Waals surface area contributed by atoms with Crippen LogP contribution in [-0.2, 0) is 19.1 Å². The Bertz CT molecular complexity index is 377. The van der Waals surface area contributed by atoms with Gasteiger partial charge >= 0.3 is 0 Å². The predicted octanol–water partition coefficient (Wildman–Crippen LogP) is -0.828. The number of nitrogens with two attached hydrogens (primary N) is 1. The molecule has 0 saturated carbocycles. The number of carbonyl (C=O) groups excluding carboxylic acids is 3. The number of unbranched alkanes of at least 4 members (excludes halogenated alkanes) is 2. The molecule has 0 aromatic carbocycles. The van der Waals surface area contributed by atoms with Crippen LogP contribution in [0.5, 0.6) is 0 Å². The summed E-state index contributed by atoms with van der Waals surface area (Å²) < 4.78 is 4.93. The number of methoxy groups -OCH3 is 1. The molecule has 1 rings (SSSR count). The molecule has 0 unspecified atom stereocenters. The monoisotopic (exact) mass is 283 g/mol. The molecule has 3 N–H and O–H groups in total. The molecule has 0 radical (unpaired) electrons. The van der Waals surface area contributed by atoms with Gasteiger partial charge in [-0.25, -0.2) is 0 Å². The van der Waals surface area contributed by atoms with Crippen LogP contribution in [-0.4, -0.2) is 55.5 Å². The Hall–Kier alpha value is -1.73. The van der Waals surface area contributed by atoms with Crippen LogP contribution in [0.4, 0.5) is 0 Å². The maximum Gasteiger partial charge on any atom is 0.254 e. The fourth-order valence-corrected chi connectivity index (χ4v) is 1.92. The van der Waals surface area contributed by atoms with Gasteiger partial charge in [0.15, 0.2) is 0 Å². The summed E-state index contributed by atoms with van der Waals surface area (Å²) in [5, 5.41) is 2.71. The van der Waals surface area contributed by atoms with Gasteiger partial charge in [-0.05, 0) is 19.4 Å². The Morgan fingerprint density at radius 1 is 1.30 bits per heavy atom. The second kappa shape index (κ2) is 8.44. The molecule has 112 valence electrons. The van der Waals surface area contributed by atoms with E-state index >= 15 is 0 Å². The zero-order valence-corrected chi connectivity index (χ0v) is 11.6. The average molecular weight is 283 g/mol. The molecular formula is C13H21N3O4. The van der Waals surface area contributed by atoms with Crippen molar-refractivity contribution in [3.8, 4) is 0 Å². The van der Waals surface area contributed by atoms with Crippen molar-refractivity contribution in [1.82, 2.24) is 10.2 Å². The number of nitrogens with zero attached hydrogens (tertiary/aromatic N) is 1. The van der Waals surface area contributed by atoms with Gasteiger partial charge in [0.2, 0.25) is 5.91 Å². The number of amides is 3. The maximum absolute atomic E-state index is 12.1. The molecule has 20 heavy (non-hydrogen) atoms. The molecule has 0 saturated heterocycles. The summed E-state index contributed by atoms with van der Waals surface area (Å²) in [6.07, 6.45) is 4.95. The maximum atomic E-state index is 12.1. The fourth-order valence-electron chi connectivity index (χ4n) is 1.92. The second-order valence-corrected chi connectivity index (χ2v) is 4.49. The molecular weight excluding hydrogens is 262 g/mol. The Labute approximate surface area is 118 Å². The molecule has 0 bridgehead atoms. The molecule has 0 aliphatic carbocycles. The summed E-state index contributed by atoms with van der Waals surface area (Å²) in [5.41, 5.74) is 5.38. The summed E-state index contributed by atoms with van der Waals surface area (Å²) in [7, 11) is 1.42. The van der Waals surface area contributed by atoms with Crippen LogP contribution in [0.2, 0.25) is 0 Å². The first-order valence-electron chi connectivity index (χ1n) is 6.63. The first kappa shape index (κ1) is 16.3.